The van der Waals surface area contributed by atoms with Crippen molar-refractivity contribution < 1.29 is 44.6 Å². The number of hydrogen-bond donors (Lipinski definition) is 0. The summed E-state index contributed by atoms with van der Waals surface area (Å²) in [5, 5.41) is 0. The topological polar surface area (TPSA) is 86.0 Å². The van der Waals surface area contributed by atoms with Crippen molar-refractivity contribution in [2.45, 2.75) is 6.42 Å². The Bertz CT molecular complexity index is 331. The predicted molar refractivity (Wildman–Crippen MR) is 64.0 cm³/mol. The summed E-state index contributed by atoms with van der Waals surface area (Å²) in [4.78, 5) is 10.7. The van der Waals surface area contributed by atoms with E-state index in [1.165, 1.54) is 0 Å². The average molecular weight is 456 g/mol. The van der Waals surface area contributed by atoms with E-state index in [4.69, 9.17) is 18.7 Å². The molecule has 0 bridgehead atoms. The fourth-order valence-electron chi connectivity index (χ4n) is 1.62. The monoisotopic (exact) mass is 456 g/mol. The minimum atomic E-state index is 0. The normalized spacial score (nSPS) is 20.0. The molecule has 107 valence electrons. The van der Waals surface area contributed by atoms with Gasteiger partial charge in [0.25, 0.3) is 0 Å². The Morgan fingerprint density at radius 2 is 1.43 bits per heavy atom. The zero-order valence-corrected chi connectivity index (χ0v) is 14.0. The molecule has 1 saturated heterocycles. The van der Waals surface area contributed by atoms with E-state index in [1.54, 1.807) is 0 Å². The maximum atomic E-state index is 10.7. The Morgan fingerprint density at radius 1 is 1.00 bits per heavy atom. The van der Waals surface area contributed by atoms with Gasteiger partial charge in [0.1, 0.15) is 0 Å². The van der Waals surface area contributed by atoms with Crippen LogP contribution in [0.3, 0.4) is 0 Å². The molecule has 3 aliphatic rings. The van der Waals surface area contributed by atoms with Crippen LogP contribution < -0.4 is 0 Å². The molecule has 0 aromatic heterocycles. The number of rotatable bonds is 0. The van der Waals surface area contributed by atoms with Gasteiger partial charge in [-0.05, 0) is 50.2 Å². The number of carbonyl (C=O) groups is 1. The number of ketones is 1. The number of fused-ring (bicyclic) bond motifs is 1. The molecule has 1 saturated carbocycles. The molecule has 1 unspecified atom stereocenters. The van der Waals surface area contributed by atoms with Gasteiger partial charge in [-0.1, -0.05) is 0 Å². The molecule has 1 atom stereocenters. The molecule has 0 N–H and O–H groups in total. The first-order valence-corrected chi connectivity index (χ1v) is 5.37. The maximum absolute atomic E-state index is 10.7. The fourth-order valence-corrected chi connectivity index (χ4v) is 1.62. The smallest absolute Gasteiger partial charge is 0.0312 e. The van der Waals surface area contributed by atoms with Gasteiger partial charge in [0.2, 0.25) is 0 Å². The molecule has 1 aliphatic heterocycles. The molecule has 0 spiro atoms. The summed E-state index contributed by atoms with van der Waals surface area (Å²) >= 11 is 0. The zero-order valence-electron chi connectivity index (χ0n) is 11.0. The van der Waals surface area contributed by atoms with Crippen LogP contribution in [0.4, 0.5) is 0 Å². The van der Waals surface area contributed by atoms with Gasteiger partial charge in [0.15, 0.2) is 0 Å². The van der Waals surface area contributed by atoms with E-state index in [1.807, 2.05) is 32.1 Å². The third-order valence-corrected chi connectivity index (χ3v) is 2.36. The molecule has 3 rings (SSSR count). The summed E-state index contributed by atoms with van der Waals surface area (Å²) in [6.07, 6.45) is 13.4. The number of carbonyl (C=O) groups excluding carboxylic acids is 1. The zero-order chi connectivity index (χ0) is 15.8. The molecule has 2 fully saturated rings. The predicted octanol–water partition coefficient (Wildman–Crippen LogP) is 1.24. The van der Waals surface area contributed by atoms with Crippen LogP contribution in [-0.4, -0.2) is 19.0 Å². The van der Waals surface area contributed by atoms with Gasteiger partial charge in [-0.15, -0.1) is 0 Å². The van der Waals surface area contributed by atoms with Gasteiger partial charge in [0, 0.05) is 6.61 Å². The van der Waals surface area contributed by atoms with Crippen LogP contribution in [0.15, 0.2) is 5.57 Å². The van der Waals surface area contributed by atoms with Crippen LogP contribution in [-0.2, 0) is 44.6 Å². The molecular formula is C15H12O5W+. The van der Waals surface area contributed by atoms with E-state index in [9.17, 15) is 4.79 Å². The van der Waals surface area contributed by atoms with Crippen molar-refractivity contribution in [1.82, 2.24) is 0 Å². The summed E-state index contributed by atoms with van der Waals surface area (Å²) in [6.45, 7) is 14.9. The number of hydrogen-bond acceptors (Lipinski definition) is 2. The van der Waals surface area contributed by atoms with Gasteiger partial charge in [-0.2, -0.15) is 0 Å². The average Bonchev–Trinajstić information content (AvgIpc) is 3.24. The number of Topliss-reactive ketones (excluding diaryl/α,β-unsaturated/α-hetero) is 1. The van der Waals surface area contributed by atoms with Crippen molar-refractivity contribution in [3.05, 3.63) is 63.7 Å². The molecule has 5 radical (unpaired) electrons. The van der Waals surface area contributed by atoms with Crippen LogP contribution in [0.2, 0.25) is 0 Å². The summed E-state index contributed by atoms with van der Waals surface area (Å²) in [6, 6.07) is 0. The first-order valence-electron chi connectivity index (χ1n) is 5.37. The standard InChI is InChI=1S/C7H7O2.C5H5.3CO.W/c8-7-1-5-3-9-4-6(5)2-7;1-2-4-5-3-1;3*1-2;/h5H,1,3-4H2;1-5H;;;;/q-1;;;;;+2. The largest absolute Gasteiger partial charge is 2.00 e. The Morgan fingerprint density at radius 3 is 1.81 bits per heavy atom. The Kier molecular flexibility index (Phi) is 23.2. The van der Waals surface area contributed by atoms with Crippen LogP contribution in [0, 0.1) is 64.0 Å². The SMILES string of the molecule is O=C1[C-]=C2COCC2C1.[C-]#[O+].[C-]#[O+].[C-]#[O+].[CH]1[CH][CH][CH][CH]1.[W+2]. The van der Waals surface area contributed by atoms with Crippen molar-refractivity contribution >= 4 is 5.78 Å². The number of ether oxygens (including phenoxy) is 1. The second kappa shape index (κ2) is 19.3. The molecule has 0 amide bonds. The van der Waals surface area contributed by atoms with Crippen LogP contribution in [0.1, 0.15) is 6.42 Å². The molecule has 5 nitrogen and oxygen atoms in total. The van der Waals surface area contributed by atoms with Crippen molar-refractivity contribution in [3.8, 4) is 0 Å². The van der Waals surface area contributed by atoms with E-state index in [-0.39, 0.29) is 26.8 Å². The fraction of sp³-hybridized carbons (Fsp3) is 0.267. The Balaban J connectivity index is -0.000000235. The minimum absolute atomic E-state index is 0. The Hall–Kier alpha value is -0.722. The third-order valence-electron chi connectivity index (χ3n) is 2.36. The first kappa shape index (κ1) is 25.2. The van der Waals surface area contributed by atoms with Crippen molar-refractivity contribution in [2.24, 2.45) is 5.92 Å². The molecule has 2 aliphatic carbocycles. The van der Waals surface area contributed by atoms with E-state index >= 15 is 0 Å². The van der Waals surface area contributed by atoms with Crippen molar-refractivity contribution in [3.63, 3.8) is 0 Å². The van der Waals surface area contributed by atoms with E-state index in [0.29, 0.717) is 18.9 Å². The molecule has 0 aromatic rings. The summed E-state index contributed by atoms with van der Waals surface area (Å²) in [5.74, 6) is 0.538. The summed E-state index contributed by atoms with van der Waals surface area (Å²) in [5.41, 5.74) is 1.08. The van der Waals surface area contributed by atoms with Gasteiger partial charge in [-0.3, -0.25) is 0 Å². The second-order valence-electron chi connectivity index (χ2n) is 3.45. The van der Waals surface area contributed by atoms with E-state index < -0.39 is 0 Å². The molecular weight excluding hydrogens is 444 g/mol. The van der Waals surface area contributed by atoms with Crippen LogP contribution >= 0.6 is 0 Å². The van der Waals surface area contributed by atoms with Crippen molar-refractivity contribution in [2.75, 3.05) is 13.2 Å². The first-order chi connectivity index (χ1) is 9.86. The van der Waals surface area contributed by atoms with Gasteiger partial charge in [-0.25, -0.2) is 5.57 Å². The van der Waals surface area contributed by atoms with Gasteiger partial charge < -0.3 is 15.6 Å². The third kappa shape index (κ3) is 11.6. The molecule has 21 heavy (non-hydrogen) atoms. The quantitative estimate of drug-likeness (QED) is 0.406. The summed E-state index contributed by atoms with van der Waals surface area (Å²) in [7, 11) is 0. The molecule has 1 heterocycles. The van der Waals surface area contributed by atoms with Gasteiger partial charge >= 0.3 is 55.0 Å². The van der Waals surface area contributed by atoms with E-state index in [0.717, 1.165) is 12.2 Å². The number of allylic oxidation sites excluding steroid dienone is 1. The van der Waals surface area contributed by atoms with Gasteiger partial charge in [0.05, 0.1) is 6.61 Å². The van der Waals surface area contributed by atoms with Crippen molar-refractivity contribution in [1.29, 1.82) is 0 Å². The minimum Gasteiger partial charge on any atom is -0.0312 e. The second-order valence-corrected chi connectivity index (χ2v) is 3.45. The van der Waals surface area contributed by atoms with Crippen LogP contribution in [0.5, 0.6) is 0 Å². The molecule has 6 heteroatoms. The summed E-state index contributed by atoms with van der Waals surface area (Å²) < 4.78 is 27.6. The van der Waals surface area contributed by atoms with Crippen LogP contribution in [0.25, 0.3) is 0 Å². The van der Waals surface area contributed by atoms with E-state index in [2.05, 4.69) is 26.0 Å². The molecule has 0 aromatic carbocycles. The Labute approximate surface area is 139 Å². The maximum Gasteiger partial charge on any atom is 2.00 e.